The summed E-state index contributed by atoms with van der Waals surface area (Å²) >= 11 is 1.54. The third kappa shape index (κ3) is 4.84. The summed E-state index contributed by atoms with van der Waals surface area (Å²) in [4.78, 5) is 24.4. The molecule has 0 atom stereocenters. The lowest BCUT2D eigenvalue weighted by Crippen LogP contribution is -2.32. The highest BCUT2D eigenvalue weighted by molar-refractivity contribution is 7.22. The molecule has 7 heteroatoms. The second-order valence-corrected chi connectivity index (χ2v) is 8.98. The van der Waals surface area contributed by atoms with Gasteiger partial charge in [-0.25, -0.2) is 9.97 Å². The molecule has 0 bridgehead atoms. The molecule has 0 spiro atoms. The normalized spacial score (nSPS) is 11.0. The zero-order valence-corrected chi connectivity index (χ0v) is 19.6. The summed E-state index contributed by atoms with van der Waals surface area (Å²) in [5, 5.41) is 0.703. The zero-order chi connectivity index (χ0) is 23.3. The summed E-state index contributed by atoms with van der Waals surface area (Å²) in [6.07, 6.45) is 6.25. The molecule has 0 aliphatic carbocycles. The van der Waals surface area contributed by atoms with E-state index in [1.807, 2.05) is 84.4 Å². The number of aromatic nitrogens is 3. The van der Waals surface area contributed by atoms with E-state index in [-0.39, 0.29) is 5.91 Å². The molecule has 0 saturated carbocycles. The summed E-state index contributed by atoms with van der Waals surface area (Å²) in [5.74, 6) is 1.25. The lowest BCUT2D eigenvalue weighted by Gasteiger charge is -2.20. The van der Waals surface area contributed by atoms with Crippen molar-refractivity contribution in [3.05, 3.63) is 103 Å². The van der Waals surface area contributed by atoms with Crippen LogP contribution in [0.5, 0.6) is 11.5 Å². The average molecular weight is 469 g/mol. The van der Waals surface area contributed by atoms with Gasteiger partial charge < -0.3 is 9.30 Å². The first-order valence-corrected chi connectivity index (χ1v) is 12.0. The third-order valence-corrected chi connectivity index (χ3v) is 6.55. The first-order chi connectivity index (χ1) is 16.7. The first-order valence-electron chi connectivity index (χ1n) is 11.1. The van der Waals surface area contributed by atoms with E-state index in [1.54, 1.807) is 34.8 Å². The fourth-order valence-corrected chi connectivity index (χ4v) is 4.85. The second kappa shape index (κ2) is 9.89. The molecule has 0 unspecified atom stereocenters. The van der Waals surface area contributed by atoms with Crippen molar-refractivity contribution in [2.45, 2.75) is 19.9 Å². The van der Waals surface area contributed by atoms with E-state index in [2.05, 4.69) is 4.98 Å². The van der Waals surface area contributed by atoms with Gasteiger partial charge >= 0.3 is 0 Å². The molecule has 2 aromatic heterocycles. The number of carbonyl (C=O) groups excluding carboxylic acids is 1. The van der Waals surface area contributed by atoms with E-state index >= 15 is 0 Å². The van der Waals surface area contributed by atoms with Crippen molar-refractivity contribution in [2.75, 3.05) is 11.4 Å². The maximum Gasteiger partial charge on any atom is 0.260 e. The van der Waals surface area contributed by atoms with Gasteiger partial charge in [-0.2, -0.15) is 0 Å². The molecule has 5 rings (SSSR count). The number of benzene rings is 3. The largest absolute Gasteiger partial charge is 0.457 e. The zero-order valence-electron chi connectivity index (χ0n) is 18.8. The van der Waals surface area contributed by atoms with Crippen LogP contribution in [-0.4, -0.2) is 27.0 Å². The Kier molecular flexibility index (Phi) is 6.35. The fourth-order valence-electron chi connectivity index (χ4n) is 3.78. The molecular formula is C27H24N4O2S. The van der Waals surface area contributed by atoms with Gasteiger partial charge in [0.2, 0.25) is 0 Å². The van der Waals surface area contributed by atoms with E-state index in [4.69, 9.17) is 9.72 Å². The van der Waals surface area contributed by atoms with Gasteiger partial charge in [0.1, 0.15) is 11.5 Å². The van der Waals surface area contributed by atoms with Gasteiger partial charge in [0.25, 0.3) is 5.91 Å². The minimum Gasteiger partial charge on any atom is -0.457 e. The fraction of sp³-hybridized carbons (Fsp3) is 0.148. The number of hydrogen-bond donors (Lipinski definition) is 0. The lowest BCUT2D eigenvalue weighted by atomic mass is 10.2. The molecule has 170 valence electrons. The highest BCUT2D eigenvalue weighted by Gasteiger charge is 2.22. The predicted molar refractivity (Wildman–Crippen MR) is 136 cm³/mol. The maximum absolute atomic E-state index is 13.7. The van der Waals surface area contributed by atoms with E-state index in [0.717, 1.165) is 34.5 Å². The van der Waals surface area contributed by atoms with Crippen molar-refractivity contribution in [2.24, 2.45) is 0 Å². The smallest absolute Gasteiger partial charge is 0.260 e. The molecule has 6 nitrogen and oxygen atoms in total. The Hall–Kier alpha value is -3.97. The highest BCUT2D eigenvalue weighted by atomic mass is 32.1. The van der Waals surface area contributed by atoms with Crippen LogP contribution >= 0.6 is 11.3 Å². The quantitative estimate of drug-likeness (QED) is 0.267. The van der Waals surface area contributed by atoms with Crippen molar-refractivity contribution in [3.8, 4) is 11.5 Å². The van der Waals surface area contributed by atoms with Crippen LogP contribution in [0.4, 0.5) is 5.13 Å². The average Bonchev–Trinajstić information content (AvgIpc) is 3.53. The molecule has 3 aromatic carbocycles. The summed E-state index contributed by atoms with van der Waals surface area (Å²) in [6.45, 7) is 3.35. The lowest BCUT2D eigenvalue weighted by molar-refractivity contribution is 0.0986. The number of para-hydroxylation sites is 2. The van der Waals surface area contributed by atoms with Crippen LogP contribution in [0.15, 0.2) is 91.5 Å². The molecule has 0 aliphatic rings. The number of rotatable bonds is 8. The summed E-state index contributed by atoms with van der Waals surface area (Å²) in [6, 6.07) is 23.0. The number of nitrogens with zero attached hydrogens (tertiary/aromatic N) is 4. The highest BCUT2D eigenvalue weighted by Crippen LogP contribution is 2.32. The van der Waals surface area contributed by atoms with Gasteiger partial charge in [-0.05, 0) is 55.3 Å². The van der Waals surface area contributed by atoms with Crippen LogP contribution < -0.4 is 9.64 Å². The Bertz CT molecular complexity index is 1400. The topological polar surface area (TPSA) is 60.2 Å². The molecule has 0 aliphatic heterocycles. The Labute approximate surface area is 202 Å². The number of hydrogen-bond acceptors (Lipinski definition) is 5. The van der Waals surface area contributed by atoms with Gasteiger partial charge in [-0.1, -0.05) is 47.7 Å². The van der Waals surface area contributed by atoms with E-state index in [1.165, 1.54) is 0 Å². The number of fused-ring (bicyclic) bond motifs is 1. The van der Waals surface area contributed by atoms with Crippen LogP contribution in [-0.2, 0) is 6.54 Å². The minimum absolute atomic E-state index is 0.0964. The predicted octanol–water partition coefficient (Wildman–Crippen LogP) is 6.33. The second-order valence-electron chi connectivity index (χ2n) is 7.97. The minimum atomic E-state index is -0.0964. The summed E-state index contributed by atoms with van der Waals surface area (Å²) in [5.41, 5.74) is 2.60. The van der Waals surface area contributed by atoms with Crippen LogP contribution in [0.2, 0.25) is 0 Å². The van der Waals surface area contributed by atoms with Gasteiger partial charge in [-0.15, -0.1) is 0 Å². The molecule has 0 N–H and O–H groups in total. The van der Waals surface area contributed by atoms with Crippen LogP contribution in [0, 0.1) is 6.92 Å². The maximum atomic E-state index is 13.7. The summed E-state index contributed by atoms with van der Waals surface area (Å²) in [7, 11) is 0. The van der Waals surface area contributed by atoms with Crippen molar-refractivity contribution in [1.82, 2.24) is 14.5 Å². The molecule has 34 heavy (non-hydrogen) atoms. The van der Waals surface area contributed by atoms with E-state index < -0.39 is 0 Å². The summed E-state index contributed by atoms with van der Waals surface area (Å²) < 4.78 is 9.04. The van der Waals surface area contributed by atoms with Crippen LogP contribution in [0.3, 0.4) is 0 Å². The van der Waals surface area contributed by atoms with Gasteiger partial charge in [0.15, 0.2) is 5.13 Å². The molecular weight excluding hydrogens is 444 g/mol. The monoisotopic (exact) mass is 468 g/mol. The van der Waals surface area contributed by atoms with Gasteiger partial charge in [0, 0.05) is 31.0 Å². The van der Waals surface area contributed by atoms with Crippen molar-refractivity contribution >= 4 is 32.6 Å². The van der Waals surface area contributed by atoms with Crippen LogP contribution in [0.1, 0.15) is 22.3 Å². The molecule has 0 fully saturated rings. The first kappa shape index (κ1) is 21.9. The van der Waals surface area contributed by atoms with Gasteiger partial charge in [0.05, 0.1) is 16.5 Å². The number of imidazole rings is 1. The number of carbonyl (C=O) groups is 1. The Balaban J connectivity index is 1.43. The Morgan fingerprint density at radius 2 is 1.85 bits per heavy atom. The SMILES string of the molecule is Cc1cccc2sc(N(CCCn3ccnc3)C(=O)c3cccc(Oc4ccccc4)c3)nc12. The third-order valence-electron chi connectivity index (χ3n) is 5.50. The standard InChI is InChI=1S/C27H24N4O2S/c1-20-8-5-13-24-25(20)29-27(34-24)31(16-7-15-30-17-14-28-19-30)26(32)21-9-6-12-23(18-21)33-22-10-3-2-4-11-22/h2-6,8-14,17-19H,7,15-16H2,1H3. The van der Waals surface area contributed by atoms with E-state index in [9.17, 15) is 4.79 Å². The number of anilines is 1. The molecule has 2 heterocycles. The molecule has 5 aromatic rings. The number of amides is 1. The Morgan fingerprint density at radius 3 is 2.65 bits per heavy atom. The molecule has 0 saturated heterocycles. The number of thiazole rings is 1. The number of ether oxygens (including phenoxy) is 1. The molecule has 1 amide bonds. The van der Waals surface area contributed by atoms with Crippen LogP contribution in [0.25, 0.3) is 10.2 Å². The number of aryl methyl sites for hydroxylation is 2. The Morgan fingerprint density at radius 1 is 1.03 bits per heavy atom. The van der Waals surface area contributed by atoms with E-state index in [0.29, 0.717) is 23.0 Å². The molecule has 0 radical (unpaired) electrons. The van der Waals surface area contributed by atoms with Crippen molar-refractivity contribution in [1.29, 1.82) is 0 Å². The van der Waals surface area contributed by atoms with Crippen molar-refractivity contribution in [3.63, 3.8) is 0 Å². The van der Waals surface area contributed by atoms with Crippen molar-refractivity contribution < 1.29 is 9.53 Å². The van der Waals surface area contributed by atoms with Gasteiger partial charge in [-0.3, -0.25) is 9.69 Å².